The van der Waals surface area contributed by atoms with Crippen LogP contribution in [0.3, 0.4) is 0 Å². The Balaban J connectivity index is 1.86. The molecular weight excluding hydrogens is 312 g/mol. The summed E-state index contributed by atoms with van der Waals surface area (Å²) < 4.78 is 22.7. The molecule has 21 heavy (non-hydrogen) atoms. The van der Waals surface area contributed by atoms with Crippen LogP contribution in [0.5, 0.6) is 0 Å². The van der Waals surface area contributed by atoms with Crippen LogP contribution in [0.1, 0.15) is 6.42 Å². The Morgan fingerprint density at radius 1 is 1.43 bits per heavy atom. The second-order valence-electron chi connectivity index (χ2n) is 4.68. The number of rotatable bonds is 3. The average molecular weight is 324 g/mol. The van der Waals surface area contributed by atoms with Gasteiger partial charge in [0.1, 0.15) is 5.25 Å². The Morgan fingerprint density at radius 2 is 2.24 bits per heavy atom. The topological polar surface area (TPSA) is 106 Å². The molecule has 2 N–H and O–H groups in total. The molecular formula is C12H12N4O3S2. The maximum Gasteiger partial charge on any atom is 0.230 e. The van der Waals surface area contributed by atoms with E-state index in [9.17, 15) is 13.2 Å². The van der Waals surface area contributed by atoms with E-state index in [4.69, 9.17) is 5.14 Å². The number of aromatic nitrogens is 2. The SMILES string of the molecule is NS(=O)(=O)C1CC(=O)N(c2nc(-c3cccnc3)cs2)C1. The lowest BCUT2D eigenvalue weighted by atomic mass is 10.2. The third-order valence-corrected chi connectivity index (χ3v) is 5.34. The van der Waals surface area contributed by atoms with E-state index in [1.807, 2.05) is 11.4 Å². The zero-order valence-electron chi connectivity index (χ0n) is 10.8. The number of sulfonamides is 1. The minimum atomic E-state index is -3.72. The van der Waals surface area contributed by atoms with Crippen LogP contribution in [-0.4, -0.2) is 36.1 Å². The summed E-state index contributed by atoms with van der Waals surface area (Å²) >= 11 is 1.29. The van der Waals surface area contributed by atoms with Gasteiger partial charge in [0, 0.05) is 36.3 Å². The Bertz CT molecular complexity index is 773. The highest BCUT2D eigenvalue weighted by atomic mass is 32.2. The van der Waals surface area contributed by atoms with Crippen molar-refractivity contribution in [1.29, 1.82) is 0 Å². The fourth-order valence-corrected chi connectivity index (χ4v) is 3.71. The Hall–Kier alpha value is -1.84. The highest BCUT2D eigenvalue weighted by Gasteiger charge is 2.38. The lowest BCUT2D eigenvalue weighted by Crippen LogP contribution is -2.32. The Labute approximate surface area is 125 Å². The number of thiazole rings is 1. The first-order valence-corrected chi connectivity index (χ1v) is 8.62. The smallest absolute Gasteiger partial charge is 0.230 e. The fraction of sp³-hybridized carbons (Fsp3) is 0.250. The van der Waals surface area contributed by atoms with Gasteiger partial charge in [-0.2, -0.15) is 0 Å². The van der Waals surface area contributed by atoms with E-state index in [0.29, 0.717) is 10.8 Å². The first-order valence-electron chi connectivity index (χ1n) is 6.13. The van der Waals surface area contributed by atoms with Crippen LogP contribution >= 0.6 is 11.3 Å². The van der Waals surface area contributed by atoms with Gasteiger partial charge < -0.3 is 0 Å². The van der Waals surface area contributed by atoms with Gasteiger partial charge in [-0.05, 0) is 12.1 Å². The zero-order valence-corrected chi connectivity index (χ0v) is 12.5. The number of carbonyl (C=O) groups is 1. The van der Waals surface area contributed by atoms with Crippen LogP contribution in [0, 0.1) is 0 Å². The van der Waals surface area contributed by atoms with E-state index < -0.39 is 15.3 Å². The molecule has 1 saturated heterocycles. The quantitative estimate of drug-likeness (QED) is 0.890. The third-order valence-electron chi connectivity index (χ3n) is 3.23. The predicted octanol–water partition coefficient (Wildman–Crippen LogP) is 0.599. The second-order valence-corrected chi connectivity index (χ2v) is 7.36. The maximum atomic E-state index is 11.9. The number of nitrogens with two attached hydrogens (primary N) is 1. The van der Waals surface area contributed by atoms with Gasteiger partial charge in [-0.1, -0.05) is 0 Å². The average Bonchev–Trinajstić information content (AvgIpc) is 3.05. The molecule has 0 saturated carbocycles. The molecule has 1 unspecified atom stereocenters. The number of anilines is 1. The fourth-order valence-electron chi connectivity index (χ4n) is 2.11. The molecule has 1 fully saturated rings. The molecule has 110 valence electrons. The molecule has 3 rings (SSSR count). The van der Waals surface area contributed by atoms with E-state index in [0.717, 1.165) is 5.56 Å². The van der Waals surface area contributed by atoms with Gasteiger partial charge in [0.25, 0.3) is 0 Å². The van der Waals surface area contributed by atoms with Crippen LogP contribution in [-0.2, 0) is 14.8 Å². The van der Waals surface area contributed by atoms with Gasteiger partial charge in [-0.15, -0.1) is 11.3 Å². The van der Waals surface area contributed by atoms with Crippen molar-refractivity contribution in [2.45, 2.75) is 11.7 Å². The zero-order chi connectivity index (χ0) is 15.0. The van der Waals surface area contributed by atoms with Crippen molar-refractivity contribution in [3.63, 3.8) is 0 Å². The number of hydrogen-bond donors (Lipinski definition) is 1. The Kier molecular flexibility index (Phi) is 3.47. The van der Waals surface area contributed by atoms with Crippen LogP contribution in [0.4, 0.5) is 5.13 Å². The number of amides is 1. The highest BCUT2D eigenvalue weighted by Crippen LogP contribution is 2.30. The van der Waals surface area contributed by atoms with Gasteiger partial charge in [0.05, 0.1) is 5.69 Å². The molecule has 1 aliphatic rings. The van der Waals surface area contributed by atoms with Crippen molar-refractivity contribution >= 4 is 32.4 Å². The van der Waals surface area contributed by atoms with Gasteiger partial charge in [-0.3, -0.25) is 14.7 Å². The number of pyridine rings is 1. The van der Waals surface area contributed by atoms with E-state index in [1.165, 1.54) is 16.2 Å². The second kappa shape index (κ2) is 5.17. The molecule has 7 nitrogen and oxygen atoms in total. The summed E-state index contributed by atoms with van der Waals surface area (Å²) in [6.45, 7) is 0.0532. The summed E-state index contributed by atoms with van der Waals surface area (Å²) in [5, 5.41) is 6.53. The molecule has 9 heteroatoms. The van der Waals surface area contributed by atoms with Crippen molar-refractivity contribution in [2.75, 3.05) is 11.4 Å². The summed E-state index contributed by atoms with van der Waals surface area (Å²) in [4.78, 5) is 21.7. The van der Waals surface area contributed by atoms with Crippen molar-refractivity contribution in [3.8, 4) is 11.3 Å². The number of nitrogens with zero attached hydrogens (tertiary/aromatic N) is 3. The van der Waals surface area contributed by atoms with Crippen molar-refractivity contribution in [2.24, 2.45) is 5.14 Å². The van der Waals surface area contributed by atoms with E-state index in [1.54, 1.807) is 18.5 Å². The van der Waals surface area contributed by atoms with Crippen molar-refractivity contribution in [3.05, 3.63) is 29.9 Å². The number of primary sulfonamides is 1. The van der Waals surface area contributed by atoms with Crippen molar-refractivity contribution in [1.82, 2.24) is 9.97 Å². The third kappa shape index (κ3) is 2.80. The normalized spacial score (nSPS) is 19.2. The molecule has 0 aromatic carbocycles. The molecule has 0 radical (unpaired) electrons. The number of hydrogen-bond acceptors (Lipinski definition) is 6. The summed E-state index contributed by atoms with van der Waals surface area (Å²) in [5.74, 6) is -0.277. The van der Waals surface area contributed by atoms with E-state index in [2.05, 4.69) is 9.97 Å². The molecule has 0 spiro atoms. The Morgan fingerprint density at radius 3 is 2.86 bits per heavy atom. The summed E-state index contributed by atoms with van der Waals surface area (Å²) in [5.41, 5.74) is 1.55. The largest absolute Gasteiger partial charge is 0.287 e. The van der Waals surface area contributed by atoms with E-state index in [-0.39, 0.29) is 18.9 Å². The summed E-state index contributed by atoms with van der Waals surface area (Å²) in [6, 6.07) is 3.66. The molecule has 1 amide bonds. The summed E-state index contributed by atoms with van der Waals surface area (Å²) in [6.07, 6.45) is 3.25. The molecule has 3 heterocycles. The highest BCUT2D eigenvalue weighted by molar-refractivity contribution is 7.89. The molecule has 1 atom stereocenters. The standard InChI is InChI=1S/C12H12N4O3S2/c13-21(18,19)9-4-11(17)16(6-9)12-15-10(7-20-12)8-2-1-3-14-5-8/h1-3,5,7,9H,4,6H2,(H2,13,18,19). The number of carbonyl (C=O) groups excluding carboxylic acids is 1. The van der Waals surface area contributed by atoms with Crippen LogP contribution < -0.4 is 10.0 Å². The molecule has 2 aromatic rings. The van der Waals surface area contributed by atoms with Crippen LogP contribution in [0.15, 0.2) is 29.9 Å². The lowest BCUT2D eigenvalue weighted by molar-refractivity contribution is -0.117. The first kappa shape index (κ1) is 14.1. The molecule has 0 aliphatic carbocycles. The minimum absolute atomic E-state index is 0.0532. The summed E-state index contributed by atoms with van der Waals surface area (Å²) in [7, 11) is -3.72. The molecule has 2 aromatic heterocycles. The first-order chi connectivity index (χ1) is 9.95. The monoisotopic (exact) mass is 324 g/mol. The van der Waals surface area contributed by atoms with Gasteiger partial charge in [0.2, 0.25) is 15.9 Å². The lowest BCUT2D eigenvalue weighted by Gasteiger charge is -2.11. The van der Waals surface area contributed by atoms with Crippen LogP contribution in [0.25, 0.3) is 11.3 Å². The van der Waals surface area contributed by atoms with Crippen LogP contribution in [0.2, 0.25) is 0 Å². The van der Waals surface area contributed by atoms with Gasteiger partial charge in [-0.25, -0.2) is 18.5 Å². The van der Waals surface area contributed by atoms with Gasteiger partial charge >= 0.3 is 0 Å². The van der Waals surface area contributed by atoms with E-state index >= 15 is 0 Å². The predicted molar refractivity (Wildman–Crippen MR) is 79.2 cm³/mol. The maximum absolute atomic E-state index is 11.9. The van der Waals surface area contributed by atoms with Crippen molar-refractivity contribution < 1.29 is 13.2 Å². The minimum Gasteiger partial charge on any atom is -0.287 e. The molecule has 0 bridgehead atoms. The molecule has 1 aliphatic heterocycles. The van der Waals surface area contributed by atoms with Gasteiger partial charge in [0.15, 0.2) is 5.13 Å².